The Morgan fingerprint density at radius 1 is 1.70 bits per heavy atom. The van der Waals surface area contributed by atoms with Gasteiger partial charge in [-0.1, -0.05) is 6.92 Å². The molecule has 4 nitrogen and oxygen atoms in total. The Kier molecular flexibility index (Phi) is 3.08. The van der Waals surface area contributed by atoms with E-state index in [2.05, 4.69) is 24.6 Å². The molecule has 1 heterocycles. The molecular weight excluding hydrogens is 130 g/mol. The monoisotopic (exact) mass is 145 g/mol. The summed E-state index contributed by atoms with van der Waals surface area (Å²) in [6.07, 6.45) is 0.374. The number of rotatable bonds is 4. The lowest BCUT2D eigenvalue weighted by atomic mass is 10.5. The van der Waals surface area contributed by atoms with Crippen LogP contribution in [0.25, 0.3) is 0 Å². The average molecular weight is 145 g/mol. The summed E-state index contributed by atoms with van der Waals surface area (Å²) in [5, 5.41) is 5.12. The van der Waals surface area contributed by atoms with E-state index in [1.165, 1.54) is 0 Å². The van der Waals surface area contributed by atoms with Gasteiger partial charge >= 0.3 is 0 Å². The third-order valence-electron chi connectivity index (χ3n) is 1.53. The molecule has 1 saturated heterocycles. The first-order chi connectivity index (χ1) is 4.84. The lowest BCUT2D eigenvalue weighted by Crippen LogP contribution is -2.58. The normalized spacial score (nSPS) is 26.4. The number of hydrogen-bond acceptors (Lipinski definition) is 4. The van der Waals surface area contributed by atoms with Crippen LogP contribution in [0.2, 0.25) is 0 Å². The summed E-state index contributed by atoms with van der Waals surface area (Å²) in [7, 11) is 0. The van der Waals surface area contributed by atoms with E-state index in [1.807, 2.05) is 5.06 Å². The van der Waals surface area contributed by atoms with E-state index in [0.717, 1.165) is 19.6 Å². The molecule has 1 fully saturated rings. The van der Waals surface area contributed by atoms with Gasteiger partial charge in [-0.05, 0) is 13.5 Å². The second kappa shape index (κ2) is 3.88. The van der Waals surface area contributed by atoms with Gasteiger partial charge in [-0.15, -0.1) is 5.06 Å². The van der Waals surface area contributed by atoms with E-state index in [9.17, 15) is 0 Å². The van der Waals surface area contributed by atoms with Crippen LogP contribution in [0, 0.1) is 0 Å². The molecule has 0 radical (unpaired) electrons. The number of hydroxylamine groups is 3. The molecular formula is C6H15N3O. The van der Waals surface area contributed by atoms with Gasteiger partial charge in [0, 0.05) is 13.1 Å². The summed E-state index contributed by atoms with van der Waals surface area (Å²) >= 11 is 0. The Hall–Kier alpha value is -0.160. The third kappa shape index (κ3) is 1.91. The van der Waals surface area contributed by atoms with Crippen molar-refractivity contribution in [3.8, 4) is 0 Å². The van der Waals surface area contributed by atoms with Gasteiger partial charge in [0.25, 0.3) is 0 Å². The molecule has 1 aliphatic rings. The quantitative estimate of drug-likeness (QED) is 0.532. The fourth-order valence-corrected chi connectivity index (χ4v) is 0.838. The maximum atomic E-state index is 4.93. The first-order valence-electron chi connectivity index (χ1n) is 3.74. The summed E-state index contributed by atoms with van der Waals surface area (Å²) in [5.41, 5.74) is 2.78. The molecule has 0 aliphatic carbocycles. The van der Waals surface area contributed by atoms with Crippen LogP contribution in [-0.4, -0.2) is 30.9 Å². The summed E-state index contributed by atoms with van der Waals surface area (Å²) in [5.74, 6) is 0. The van der Waals surface area contributed by atoms with Crippen LogP contribution in [0.3, 0.4) is 0 Å². The third-order valence-corrected chi connectivity index (χ3v) is 1.53. The minimum Gasteiger partial charge on any atom is -0.316 e. The van der Waals surface area contributed by atoms with Gasteiger partial charge in [0.2, 0.25) is 0 Å². The van der Waals surface area contributed by atoms with Crippen LogP contribution in [-0.2, 0) is 4.94 Å². The first kappa shape index (κ1) is 7.94. The topological polar surface area (TPSA) is 36.5 Å². The molecule has 0 bridgehead atoms. The van der Waals surface area contributed by atoms with Crippen molar-refractivity contribution in [2.24, 2.45) is 0 Å². The Balaban J connectivity index is 1.92. The Labute approximate surface area is 61.4 Å². The molecule has 0 aromatic heterocycles. The zero-order chi connectivity index (χ0) is 7.40. The molecule has 0 aromatic rings. The Morgan fingerprint density at radius 2 is 2.50 bits per heavy atom. The molecule has 10 heavy (non-hydrogen) atoms. The molecule has 1 unspecified atom stereocenters. The lowest BCUT2D eigenvalue weighted by molar-refractivity contribution is -0.353. The van der Waals surface area contributed by atoms with Crippen LogP contribution in [0.4, 0.5) is 0 Å². The van der Waals surface area contributed by atoms with Crippen LogP contribution < -0.4 is 10.8 Å². The molecule has 0 spiro atoms. The molecule has 0 amide bonds. The standard InChI is InChI=1S/C6H15N3O/c1-3-7-4-5-9-6(2)8-10-9/h6-8H,3-5H2,1-2H3. The van der Waals surface area contributed by atoms with E-state index in [-0.39, 0.29) is 0 Å². The van der Waals surface area contributed by atoms with Gasteiger partial charge in [0.1, 0.15) is 6.17 Å². The fraction of sp³-hybridized carbons (Fsp3) is 1.00. The SMILES string of the molecule is CCNCCN1ONC1C. The minimum absolute atomic E-state index is 0.374. The maximum Gasteiger partial charge on any atom is 0.109 e. The van der Waals surface area contributed by atoms with E-state index >= 15 is 0 Å². The van der Waals surface area contributed by atoms with Crippen molar-refractivity contribution in [1.29, 1.82) is 0 Å². The van der Waals surface area contributed by atoms with E-state index in [4.69, 9.17) is 4.94 Å². The Morgan fingerprint density at radius 3 is 2.90 bits per heavy atom. The molecule has 60 valence electrons. The van der Waals surface area contributed by atoms with E-state index < -0.39 is 0 Å². The van der Waals surface area contributed by atoms with Crippen LogP contribution >= 0.6 is 0 Å². The first-order valence-corrected chi connectivity index (χ1v) is 3.74. The van der Waals surface area contributed by atoms with E-state index in [0.29, 0.717) is 6.17 Å². The number of likely N-dealkylation sites (N-methyl/N-ethyl adjacent to an activating group) is 1. The van der Waals surface area contributed by atoms with Crippen molar-refractivity contribution in [1.82, 2.24) is 15.9 Å². The zero-order valence-corrected chi connectivity index (χ0v) is 6.55. The summed E-state index contributed by atoms with van der Waals surface area (Å²) in [6, 6.07) is 0. The highest BCUT2D eigenvalue weighted by Crippen LogP contribution is 2.03. The zero-order valence-electron chi connectivity index (χ0n) is 6.55. The van der Waals surface area contributed by atoms with Crippen LogP contribution in [0.5, 0.6) is 0 Å². The van der Waals surface area contributed by atoms with Crippen molar-refractivity contribution >= 4 is 0 Å². The van der Waals surface area contributed by atoms with Crippen molar-refractivity contribution in [2.45, 2.75) is 20.0 Å². The molecule has 4 heteroatoms. The van der Waals surface area contributed by atoms with Crippen molar-refractivity contribution in [3.63, 3.8) is 0 Å². The van der Waals surface area contributed by atoms with Gasteiger partial charge in [-0.3, -0.25) is 0 Å². The fourth-order valence-electron chi connectivity index (χ4n) is 0.838. The summed E-state index contributed by atoms with van der Waals surface area (Å²) in [4.78, 5) is 4.93. The van der Waals surface area contributed by atoms with Crippen LogP contribution in [0.1, 0.15) is 13.8 Å². The van der Waals surface area contributed by atoms with E-state index in [1.54, 1.807) is 0 Å². The molecule has 0 saturated carbocycles. The van der Waals surface area contributed by atoms with Crippen molar-refractivity contribution < 1.29 is 4.94 Å². The van der Waals surface area contributed by atoms with Gasteiger partial charge in [-0.25, -0.2) is 4.94 Å². The van der Waals surface area contributed by atoms with Gasteiger partial charge in [0.15, 0.2) is 0 Å². The van der Waals surface area contributed by atoms with Crippen molar-refractivity contribution in [2.75, 3.05) is 19.6 Å². The summed E-state index contributed by atoms with van der Waals surface area (Å²) < 4.78 is 0. The maximum absolute atomic E-state index is 4.93. The highest BCUT2D eigenvalue weighted by atomic mass is 16.9. The molecule has 1 atom stereocenters. The smallest absolute Gasteiger partial charge is 0.109 e. The second-order valence-corrected chi connectivity index (χ2v) is 2.38. The number of nitrogens with one attached hydrogen (secondary N) is 2. The van der Waals surface area contributed by atoms with Crippen molar-refractivity contribution in [3.05, 3.63) is 0 Å². The second-order valence-electron chi connectivity index (χ2n) is 2.38. The Bertz CT molecular complexity index is 99.0. The van der Waals surface area contributed by atoms with Gasteiger partial charge in [-0.2, -0.15) is 5.48 Å². The highest BCUT2D eigenvalue weighted by Gasteiger charge is 2.23. The van der Waals surface area contributed by atoms with Crippen LogP contribution in [0.15, 0.2) is 0 Å². The molecule has 0 aromatic carbocycles. The average Bonchev–Trinajstić information content (AvgIpc) is 1.95. The minimum atomic E-state index is 0.374. The predicted molar refractivity (Wildman–Crippen MR) is 38.9 cm³/mol. The molecule has 1 aliphatic heterocycles. The van der Waals surface area contributed by atoms with Gasteiger partial charge < -0.3 is 5.32 Å². The number of nitrogens with zero attached hydrogens (tertiary/aromatic N) is 1. The number of hydrogen-bond donors (Lipinski definition) is 2. The highest BCUT2D eigenvalue weighted by molar-refractivity contribution is 4.59. The molecule has 1 rings (SSSR count). The lowest BCUT2D eigenvalue weighted by Gasteiger charge is -2.37. The largest absolute Gasteiger partial charge is 0.316 e. The summed E-state index contributed by atoms with van der Waals surface area (Å²) in [6.45, 7) is 7.12. The predicted octanol–water partition coefficient (Wildman–Crippen LogP) is -0.306. The van der Waals surface area contributed by atoms with Gasteiger partial charge in [0.05, 0.1) is 0 Å². The molecule has 2 N–H and O–H groups in total.